The molecule has 2 rings (SSSR count). The Balaban J connectivity index is 1.96. The molecule has 6 nitrogen and oxygen atoms in total. The standard InChI is InChI=1S/C17H25N3O3/c1-17(2,3)23-16(22)20-10-7-14(8-11-20)19(4)15-13(12-21)6-5-9-18-15/h5-6,9,12,14H,7-8,10-11H2,1-4H3. The van der Waals surface area contributed by atoms with E-state index in [2.05, 4.69) is 4.98 Å². The summed E-state index contributed by atoms with van der Waals surface area (Å²) in [6.07, 6.45) is 3.91. The van der Waals surface area contributed by atoms with E-state index in [1.807, 2.05) is 32.7 Å². The molecule has 23 heavy (non-hydrogen) atoms. The summed E-state index contributed by atoms with van der Waals surface area (Å²) >= 11 is 0. The van der Waals surface area contributed by atoms with Crippen molar-refractivity contribution in [1.82, 2.24) is 9.88 Å². The number of aldehydes is 1. The lowest BCUT2D eigenvalue weighted by molar-refractivity contribution is 0.0205. The van der Waals surface area contributed by atoms with Gasteiger partial charge in [0.2, 0.25) is 0 Å². The molecule has 0 unspecified atom stereocenters. The Kier molecular flexibility index (Phi) is 5.23. The predicted octanol–water partition coefficient (Wildman–Crippen LogP) is 2.73. The van der Waals surface area contributed by atoms with E-state index in [1.165, 1.54) is 0 Å². The van der Waals surface area contributed by atoms with Crippen LogP contribution in [0, 0.1) is 0 Å². The number of piperidine rings is 1. The lowest BCUT2D eigenvalue weighted by Gasteiger charge is -2.38. The number of nitrogens with zero attached hydrogens (tertiary/aromatic N) is 3. The zero-order valence-corrected chi connectivity index (χ0v) is 14.3. The summed E-state index contributed by atoms with van der Waals surface area (Å²) in [7, 11) is 1.95. The highest BCUT2D eigenvalue weighted by Gasteiger charge is 2.29. The molecule has 0 atom stereocenters. The molecule has 1 fully saturated rings. The summed E-state index contributed by atoms with van der Waals surface area (Å²) in [5, 5.41) is 0. The molecule has 1 aromatic heterocycles. The number of anilines is 1. The molecule has 0 saturated carbocycles. The van der Waals surface area contributed by atoms with E-state index >= 15 is 0 Å². The van der Waals surface area contributed by atoms with Crippen LogP contribution in [0.3, 0.4) is 0 Å². The summed E-state index contributed by atoms with van der Waals surface area (Å²) in [5.74, 6) is 0.693. The molecule has 1 amide bonds. The van der Waals surface area contributed by atoms with Gasteiger partial charge in [-0.3, -0.25) is 4.79 Å². The van der Waals surface area contributed by atoms with Gasteiger partial charge in [-0.25, -0.2) is 9.78 Å². The van der Waals surface area contributed by atoms with Gasteiger partial charge in [0, 0.05) is 32.4 Å². The van der Waals surface area contributed by atoms with Crippen LogP contribution in [0.2, 0.25) is 0 Å². The van der Waals surface area contributed by atoms with Gasteiger partial charge < -0.3 is 14.5 Å². The van der Waals surface area contributed by atoms with Gasteiger partial charge in [0.15, 0.2) is 6.29 Å². The summed E-state index contributed by atoms with van der Waals surface area (Å²) in [6.45, 7) is 6.90. The van der Waals surface area contributed by atoms with Crippen molar-refractivity contribution < 1.29 is 14.3 Å². The fourth-order valence-corrected chi connectivity index (χ4v) is 2.73. The minimum atomic E-state index is -0.475. The van der Waals surface area contributed by atoms with E-state index in [4.69, 9.17) is 4.74 Å². The van der Waals surface area contributed by atoms with Crippen LogP contribution in [0.25, 0.3) is 0 Å². The van der Waals surface area contributed by atoms with Crippen LogP contribution >= 0.6 is 0 Å². The van der Waals surface area contributed by atoms with Crippen molar-refractivity contribution in [3.8, 4) is 0 Å². The van der Waals surface area contributed by atoms with Crippen molar-refractivity contribution in [3.05, 3.63) is 23.9 Å². The van der Waals surface area contributed by atoms with Crippen LogP contribution in [0.4, 0.5) is 10.6 Å². The third-order valence-corrected chi connectivity index (χ3v) is 3.94. The maximum absolute atomic E-state index is 12.1. The van der Waals surface area contributed by atoms with Gasteiger partial charge in [0.25, 0.3) is 0 Å². The van der Waals surface area contributed by atoms with Crippen LogP contribution in [0.5, 0.6) is 0 Å². The van der Waals surface area contributed by atoms with Crippen LogP contribution in [-0.4, -0.2) is 54.0 Å². The molecule has 0 N–H and O–H groups in total. The fourth-order valence-electron chi connectivity index (χ4n) is 2.73. The summed E-state index contributed by atoms with van der Waals surface area (Å²) in [4.78, 5) is 31.3. The van der Waals surface area contributed by atoms with E-state index in [1.54, 1.807) is 23.2 Å². The lowest BCUT2D eigenvalue weighted by Crippen LogP contribution is -2.47. The highest BCUT2D eigenvalue weighted by Crippen LogP contribution is 2.23. The lowest BCUT2D eigenvalue weighted by atomic mass is 10.0. The van der Waals surface area contributed by atoms with Gasteiger partial charge in [-0.15, -0.1) is 0 Å². The Morgan fingerprint density at radius 1 is 1.39 bits per heavy atom. The van der Waals surface area contributed by atoms with E-state index in [-0.39, 0.29) is 12.1 Å². The largest absolute Gasteiger partial charge is 0.444 e. The van der Waals surface area contributed by atoms with Gasteiger partial charge >= 0.3 is 6.09 Å². The average molecular weight is 319 g/mol. The SMILES string of the molecule is CN(c1ncccc1C=O)C1CCN(C(=O)OC(C)(C)C)CC1. The number of ether oxygens (including phenoxy) is 1. The Bertz CT molecular complexity index is 560. The highest BCUT2D eigenvalue weighted by atomic mass is 16.6. The van der Waals surface area contributed by atoms with Gasteiger partial charge in [0.05, 0.1) is 5.56 Å². The number of hydrogen-bond donors (Lipinski definition) is 0. The molecule has 1 aliphatic heterocycles. The van der Waals surface area contributed by atoms with E-state index in [0.717, 1.165) is 19.1 Å². The maximum atomic E-state index is 12.1. The molecule has 2 heterocycles. The topological polar surface area (TPSA) is 62.7 Å². The van der Waals surface area contributed by atoms with Gasteiger partial charge in [-0.05, 0) is 45.7 Å². The van der Waals surface area contributed by atoms with Gasteiger partial charge in [-0.1, -0.05) is 0 Å². The van der Waals surface area contributed by atoms with Crippen molar-refractivity contribution >= 4 is 18.2 Å². The molecule has 0 aliphatic carbocycles. The smallest absolute Gasteiger partial charge is 0.410 e. The van der Waals surface area contributed by atoms with Crippen molar-refractivity contribution in [2.45, 2.75) is 45.3 Å². The Morgan fingerprint density at radius 3 is 2.61 bits per heavy atom. The summed E-state index contributed by atoms with van der Waals surface area (Å²) in [5.41, 5.74) is 0.113. The highest BCUT2D eigenvalue weighted by molar-refractivity contribution is 5.82. The molecule has 6 heteroatoms. The quantitative estimate of drug-likeness (QED) is 0.802. The minimum Gasteiger partial charge on any atom is -0.444 e. The minimum absolute atomic E-state index is 0.252. The normalized spacial score (nSPS) is 16.1. The van der Waals surface area contributed by atoms with Gasteiger partial charge in [-0.2, -0.15) is 0 Å². The molecule has 0 aromatic carbocycles. The Labute approximate surface area is 137 Å². The van der Waals surface area contributed by atoms with Crippen molar-refractivity contribution in [1.29, 1.82) is 0 Å². The van der Waals surface area contributed by atoms with E-state index < -0.39 is 5.60 Å². The van der Waals surface area contributed by atoms with Crippen LogP contribution in [0.1, 0.15) is 44.0 Å². The zero-order chi connectivity index (χ0) is 17.0. The second-order valence-corrected chi connectivity index (χ2v) is 6.84. The van der Waals surface area contributed by atoms with E-state index in [9.17, 15) is 9.59 Å². The number of amides is 1. The number of carbonyl (C=O) groups is 2. The molecule has 126 valence electrons. The first-order valence-corrected chi connectivity index (χ1v) is 7.93. The van der Waals surface area contributed by atoms with Crippen LogP contribution in [-0.2, 0) is 4.74 Å². The summed E-state index contributed by atoms with van der Waals surface area (Å²) in [6, 6.07) is 3.77. The first-order valence-electron chi connectivity index (χ1n) is 7.93. The first kappa shape index (κ1) is 17.2. The molecule has 0 spiro atoms. The second-order valence-electron chi connectivity index (χ2n) is 6.84. The number of aromatic nitrogens is 1. The maximum Gasteiger partial charge on any atom is 0.410 e. The number of rotatable bonds is 3. The Morgan fingerprint density at radius 2 is 2.04 bits per heavy atom. The molecular weight excluding hydrogens is 294 g/mol. The number of carbonyl (C=O) groups excluding carboxylic acids is 2. The fraction of sp³-hybridized carbons (Fsp3) is 0.588. The average Bonchev–Trinajstić information content (AvgIpc) is 2.52. The molecule has 1 aromatic rings. The number of likely N-dealkylation sites (tertiary alicyclic amines) is 1. The van der Waals surface area contributed by atoms with E-state index in [0.29, 0.717) is 24.5 Å². The van der Waals surface area contributed by atoms with Crippen molar-refractivity contribution in [2.75, 3.05) is 25.0 Å². The Hall–Kier alpha value is -2.11. The summed E-state index contributed by atoms with van der Waals surface area (Å²) < 4.78 is 5.41. The molecular formula is C17H25N3O3. The molecule has 1 aliphatic rings. The zero-order valence-electron chi connectivity index (χ0n) is 14.3. The second kappa shape index (κ2) is 6.98. The number of hydrogen-bond acceptors (Lipinski definition) is 5. The van der Waals surface area contributed by atoms with Crippen LogP contribution in [0.15, 0.2) is 18.3 Å². The molecule has 0 radical (unpaired) electrons. The number of pyridine rings is 1. The van der Waals surface area contributed by atoms with Crippen LogP contribution < -0.4 is 4.90 Å². The monoisotopic (exact) mass is 319 g/mol. The molecule has 1 saturated heterocycles. The predicted molar refractivity (Wildman–Crippen MR) is 88.9 cm³/mol. The third kappa shape index (κ3) is 4.43. The molecule has 0 bridgehead atoms. The first-order chi connectivity index (χ1) is 10.8. The third-order valence-electron chi connectivity index (χ3n) is 3.94. The van der Waals surface area contributed by atoms with Crippen molar-refractivity contribution in [2.24, 2.45) is 0 Å². The van der Waals surface area contributed by atoms with Gasteiger partial charge in [0.1, 0.15) is 11.4 Å². The van der Waals surface area contributed by atoms with Crippen molar-refractivity contribution in [3.63, 3.8) is 0 Å².